The molecule has 4 aromatic rings. The van der Waals surface area contributed by atoms with Crippen molar-refractivity contribution in [2.24, 2.45) is 13.0 Å². The standard InChI is InChI=1S/C29H35ClFN9O2/c1-29(2,3)21-14-23(37-40(21)18-8-11-39(16-18)12-9-31)35-28-36-26-25(38(28)4)24(30)20(15-33-26)42-19-7-10-32-22(13-19)34-27(41)17-5-6-17/h7,10,13-15,17-18H,5-6,8-9,11-12,16H2,1-4H3,(H,32,34,41)(H,33,35,36,37). The minimum Gasteiger partial charge on any atom is -0.454 e. The van der Waals surface area contributed by atoms with Gasteiger partial charge in [-0.3, -0.25) is 14.4 Å². The molecule has 1 aliphatic heterocycles. The monoisotopic (exact) mass is 595 g/mol. The summed E-state index contributed by atoms with van der Waals surface area (Å²) in [6.07, 6.45) is 5.83. The second kappa shape index (κ2) is 11.1. The van der Waals surface area contributed by atoms with Gasteiger partial charge in [-0.05, 0) is 25.3 Å². The van der Waals surface area contributed by atoms with Crippen LogP contribution < -0.4 is 15.4 Å². The molecule has 1 saturated heterocycles. The molecule has 0 aromatic carbocycles. The maximum Gasteiger partial charge on any atom is 0.228 e. The predicted molar refractivity (Wildman–Crippen MR) is 159 cm³/mol. The van der Waals surface area contributed by atoms with Gasteiger partial charge in [0.15, 0.2) is 17.2 Å². The van der Waals surface area contributed by atoms with Gasteiger partial charge in [-0.1, -0.05) is 32.4 Å². The van der Waals surface area contributed by atoms with Crippen LogP contribution >= 0.6 is 11.6 Å². The molecule has 2 aliphatic rings. The van der Waals surface area contributed by atoms with Crippen LogP contribution in [0.4, 0.5) is 22.0 Å². The second-order valence-electron chi connectivity index (χ2n) is 12.0. The fourth-order valence-corrected chi connectivity index (χ4v) is 5.58. The summed E-state index contributed by atoms with van der Waals surface area (Å²) in [5, 5.41) is 11.4. The molecule has 0 radical (unpaired) electrons. The van der Waals surface area contributed by atoms with Crippen LogP contribution in [0.5, 0.6) is 11.5 Å². The van der Waals surface area contributed by atoms with Gasteiger partial charge in [-0.2, -0.15) is 10.1 Å². The highest BCUT2D eigenvalue weighted by molar-refractivity contribution is 6.36. The predicted octanol–water partition coefficient (Wildman–Crippen LogP) is 5.61. The SMILES string of the molecule is Cn1c(Nc2cc(C(C)(C)C)n(C3CCN(CCF)C3)n2)nc2ncc(Oc3ccnc(NC(=O)C4CC4)c3)c(Cl)c21. The van der Waals surface area contributed by atoms with E-state index in [1.807, 2.05) is 17.7 Å². The van der Waals surface area contributed by atoms with Crippen LogP contribution in [0.2, 0.25) is 5.02 Å². The molecule has 6 rings (SSSR count). The Balaban J connectivity index is 1.24. The van der Waals surface area contributed by atoms with Crippen LogP contribution in [0.1, 0.15) is 51.8 Å². The zero-order valence-electron chi connectivity index (χ0n) is 24.2. The number of alkyl halides is 1. The number of rotatable bonds is 9. The number of imidazole rings is 1. The van der Waals surface area contributed by atoms with E-state index in [1.54, 1.807) is 18.3 Å². The number of amides is 1. The van der Waals surface area contributed by atoms with Crippen molar-refractivity contribution in [1.82, 2.24) is 34.2 Å². The quantitative estimate of drug-likeness (QED) is 0.256. The number of nitrogens with zero attached hydrogens (tertiary/aromatic N) is 7. The number of anilines is 3. The van der Waals surface area contributed by atoms with E-state index >= 15 is 0 Å². The van der Waals surface area contributed by atoms with Crippen molar-refractivity contribution < 1.29 is 13.9 Å². The summed E-state index contributed by atoms with van der Waals surface area (Å²) in [6.45, 7) is 8.21. The lowest BCUT2D eigenvalue weighted by Gasteiger charge is -2.23. The first-order chi connectivity index (χ1) is 20.1. The van der Waals surface area contributed by atoms with Crippen molar-refractivity contribution >= 4 is 46.3 Å². The highest BCUT2D eigenvalue weighted by atomic mass is 35.5. The molecule has 1 saturated carbocycles. The smallest absolute Gasteiger partial charge is 0.228 e. The molecular weight excluding hydrogens is 561 g/mol. The number of carbonyl (C=O) groups is 1. The normalized spacial score (nSPS) is 17.6. The van der Waals surface area contributed by atoms with Crippen molar-refractivity contribution in [3.63, 3.8) is 0 Å². The number of ether oxygens (including phenoxy) is 1. The minimum atomic E-state index is -0.344. The lowest BCUT2D eigenvalue weighted by molar-refractivity contribution is -0.117. The van der Waals surface area contributed by atoms with E-state index < -0.39 is 0 Å². The molecule has 2 fully saturated rings. The van der Waals surface area contributed by atoms with Crippen molar-refractivity contribution in [2.45, 2.75) is 51.5 Å². The Labute approximate surface area is 248 Å². The molecule has 42 heavy (non-hydrogen) atoms. The molecule has 1 atom stereocenters. The van der Waals surface area contributed by atoms with Crippen LogP contribution in [0.25, 0.3) is 11.2 Å². The van der Waals surface area contributed by atoms with Crippen molar-refractivity contribution in [3.05, 3.63) is 41.3 Å². The Morgan fingerprint density at radius 3 is 2.74 bits per heavy atom. The molecule has 1 unspecified atom stereocenters. The van der Waals surface area contributed by atoms with E-state index in [2.05, 4.69) is 55.9 Å². The van der Waals surface area contributed by atoms with Gasteiger partial charge in [0.05, 0.1) is 12.2 Å². The summed E-state index contributed by atoms with van der Waals surface area (Å²) in [5.41, 5.74) is 2.00. The molecular formula is C29H35ClFN9O2. The number of pyridine rings is 2. The molecule has 1 aliphatic carbocycles. The third-order valence-electron chi connectivity index (χ3n) is 7.70. The van der Waals surface area contributed by atoms with E-state index in [-0.39, 0.29) is 30.0 Å². The van der Waals surface area contributed by atoms with E-state index in [0.717, 1.165) is 38.0 Å². The van der Waals surface area contributed by atoms with Gasteiger partial charge in [0.2, 0.25) is 11.9 Å². The minimum absolute atomic E-state index is 0.0304. The lowest BCUT2D eigenvalue weighted by Crippen LogP contribution is -2.26. The summed E-state index contributed by atoms with van der Waals surface area (Å²) < 4.78 is 22.9. The van der Waals surface area contributed by atoms with Gasteiger partial charge in [0, 0.05) is 62.0 Å². The largest absolute Gasteiger partial charge is 0.454 e. The number of aromatic nitrogens is 6. The molecule has 0 spiro atoms. The first kappa shape index (κ1) is 28.4. The summed E-state index contributed by atoms with van der Waals surface area (Å²) >= 11 is 6.81. The highest BCUT2D eigenvalue weighted by Crippen LogP contribution is 2.37. The lowest BCUT2D eigenvalue weighted by atomic mass is 9.91. The number of aryl methyl sites for hydroxylation is 1. The summed E-state index contributed by atoms with van der Waals surface area (Å²) in [6, 6.07) is 5.56. The van der Waals surface area contributed by atoms with Gasteiger partial charge in [0.1, 0.15) is 28.8 Å². The maximum absolute atomic E-state index is 12.9. The van der Waals surface area contributed by atoms with Crippen molar-refractivity contribution in [3.8, 4) is 11.5 Å². The van der Waals surface area contributed by atoms with Crippen LogP contribution in [0.15, 0.2) is 30.6 Å². The Morgan fingerprint density at radius 2 is 2.00 bits per heavy atom. The Morgan fingerprint density at radius 1 is 1.19 bits per heavy atom. The van der Waals surface area contributed by atoms with E-state index in [0.29, 0.717) is 51.8 Å². The zero-order chi connectivity index (χ0) is 29.6. The number of nitrogens with one attached hydrogen (secondary N) is 2. The van der Waals surface area contributed by atoms with Gasteiger partial charge < -0.3 is 19.9 Å². The molecule has 1 amide bonds. The average Bonchev–Trinajstić information content (AvgIpc) is 3.41. The second-order valence-corrected chi connectivity index (χ2v) is 12.4. The van der Waals surface area contributed by atoms with Crippen LogP contribution in [-0.4, -0.2) is 66.4 Å². The third kappa shape index (κ3) is 5.78. The molecule has 4 aromatic heterocycles. The van der Waals surface area contributed by atoms with Gasteiger partial charge in [-0.15, -0.1) is 0 Å². The molecule has 0 bridgehead atoms. The zero-order valence-corrected chi connectivity index (χ0v) is 25.0. The van der Waals surface area contributed by atoms with Gasteiger partial charge >= 0.3 is 0 Å². The third-order valence-corrected chi connectivity index (χ3v) is 8.07. The number of hydrogen-bond acceptors (Lipinski definition) is 8. The first-order valence-electron chi connectivity index (χ1n) is 14.2. The Hall–Kier alpha value is -3.77. The van der Waals surface area contributed by atoms with E-state index in [1.165, 1.54) is 6.20 Å². The van der Waals surface area contributed by atoms with Crippen LogP contribution in [-0.2, 0) is 17.3 Å². The number of fused-ring (bicyclic) bond motifs is 1. The van der Waals surface area contributed by atoms with E-state index in [9.17, 15) is 9.18 Å². The Bertz CT molecular complexity index is 1630. The van der Waals surface area contributed by atoms with Crippen LogP contribution in [0, 0.1) is 5.92 Å². The Kier molecular flexibility index (Phi) is 7.52. The van der Waals surface area contributed by atoms with E-state index in [4.69, 9.17) is 21.4 Å². The summed E-state index contributed by atoms with van der Waals surface area (Å²) in [5.74, 6) is 2.47. The fourth-order valence-electron chi connectivity index (χ4n) is 5.28. The molecule has 2 N–H and O–H groups in total. The maximum atomic E-state index is 12.9. The van der Waals surface area contributed by atoms with Crippen molar-refractivity contribution in [1.29, 1.82) is 0 Å². The number of carbonyl (C=O) groups excluding carboxylic acids is 1. The van der Waals surface area contributed by atoms with Crippen LogP contribution in [0.3, 0.4) is 0 Å². The molecule has 11 nitrogen and oxygen atoms in total. The van der Waals surface area contributed by atoms with Gasteiger partial charge in [-0.25, -0.2) is 14.4 Å². The first-order valence-corrected chi connectivity index (χ1v) is 14.6. The van der Waals surface area contributed by atoms with Gasteiger partial charge in [0.25, 0.3) is 0 Å². The molecule has 5 heterocycles. The average molecular weight is 596 g/mol. The fraction of sp³-hybridized carbons (Fsp3) is 0.483. The summed E-state index contributed by atoms with van der Waals surface area (Å²) in [4.78, 5) is 27.6. The number of hydrogen-bond donors (Lipinski definition) is 2. The molecule has 13 heteroatoms. The molecule has 222 valence electrons. The summed E-state index contributed by atoms with van der Waals surface area (Å²) in [7, 11) is 1.85. The highest BCUT2D eigenvalue weighted by Gasteiger charge is 2.31. The topological polar surface area (TPSA) is 115 Å². The number of halogens is 2. The number of likely N-dealkylation sites (tertiary alicyclic amines) is 1. The van der Waals surface area contributed by atoms with Crippen molar-refractivity contribution in [2.75, 3.05) is 36.9 Å².